The fourth-order valence-electron chi connectivity index (χ4n) is 5.03. The number of benzene rings is 1. The van der Waals surface area contributed by atoms with Gasteiger partial charge in [-0.2, -0.15) is 5.06 Å². The second-order valence-corrected chi connectivity index (χ2v) is 10.7. The van der Waals surface area contributed by atoms with Crippen molar-refractivity contribution in [1.82, 2.24) is 26.3 Å². The van der Waals surface area contributed by atoms with Gasteiger partial charge < -0.3 is 5.32 Å². The highest BCUT2D eigenvalue weighted by molar-refractivity contribution is 5.27. The van der Waals surface area contributed by atoms with Gasteiger partial charge in [-0.15, -0.1) is 0 Å². The highest BCUT2D eigenvalue weighted by Crippen LogP contribution is 2.37. The van der Waals surface area contributed by atoms with Gasteiger partial charge in [-0.3, -0.25) is 20.8 Å². The summed E-state index contributed by atoms with van der Waals surface area (Å²) < 4.78 is 0. The molecule has 4 rings (SSSR count). The second kappa shape index (κ2) is 10.3. The summed E-state index contributed by atoms with van der Waals surface area (Å²) in [6.45, 7) is 12.0. The van der Waals surface area contributed by atoms with E-state index in [4.69, 9.17) is 4.84 Å². The molecule has 3 fully saturated rings. The van der Waals surface area contributed by atoms with Crippen LogP contribution in [0.15, 0.2) is 24.3 Å². The van der Waals surface area contributed by atoms with Gasteiger partial charge in [-0.05, 0) is 30.9 Å². The minimum atomic E-state index is 0.0332. The smallest absolute Gasteiger partial charge is 0.136 e. The maximum atomic E-state index is 6.56. The molecule has 0 radical (unpaired) electrons. The zero-order valence-corrected chi connectivity index (χ0v) is 19.9. The molecule has 0 aromatic heterocycles. The van der Waals surface area contributed by atoms with Crippen LogP contribution in [0.25, 0.3) is 0 Å². The van der Waals surface area contributed by atoms with Gasteiger partial charge in [-0.25, -0.2) is 0 Å². The predicted molar refractivity (Wildman–Crippen MR) is 126 cm³/mol. The van der Waals surface area contributed by atoms with E-state index in [1.807, 2.05) is 0 Å². The Morgan fingerprint density at radius 3 is 2.35 bits per heavy atom. The van der Waals surface area contributed by atoms with Crippen LogP contribution in [0.5, 0.6) is 0 Å². The van der Waals surface area contributed by atoms with Gasteiger partial charge in [0.05, 0.1) is 6.17 Å². The molecule has 6 nitrogen and oxygen atoms in total. The van der Waals surface area contributed by atoms with Gasteiger partial charge in [0.1, 0.15) is 12.4 Å². The quantitative estimate of drug-likeness (QED) is 0.535. The Bertz CT molecular complexity index is 674. The molecule has 4 atom stereocenters. The summed E-state index contributed by atoms with van der Waals surface area (Å²) in [5, 5.41) is 16.8. The van der Waals surface area contributed by atoms with Crippen molar-refractivity contribution in [1.29, 1.82) is 0 Å². The molecule has 2 aliphatic heterocycles. The molecule has 3 aliphatic rings. The fraction of sp³-hybridized carbons (Fsp3) is 0.760. The normalized spacial score (nSPS) is 30.3. The average Bonchev–Trinajstić information content (AvgIpc) is 3.04. The number of nitrogens with one attached hydrogen (secondary N) is 4. The van der Waals surface area contributed by atoms with Crippen LogP contribution in [0.4, 0.5) is 0 Å². The summed E-state index contributed by atoms with van der Waals surface area (Å²) in [7, 11) is 0. The molecular formula is C25H43N5O. The molecule has 0 amide bonds. The van der Waals surface area contributed by atoms with Crippen molar-refractivity contribution in [3.8, 4) is 0 Å². The van der Waals surface area contributed by atoms with E-state index < -0.39 is 0 Å². The molecule has 174 valence electrons. The van der Waals surface area contributed by atoms with E-state index in [0.717, 1.165) is 19.6 Å². The van der Waals surface area contributed by atoms with Crippen LogP contribution in [-0.4, -0.2) is 43.1 Å². The summed E-state index contributed by atoms with van der Waals surface area (Å²) in [5.74, 6) is 0. The predicted octanol–water partition coefficient (Wildman–Crippen LogP) is 3.79. The first-order valence-electron chi connectivity index (χ1n) is 12.4. The van der Waals surface area contributed by atoms with Gasteiger partial charge in [0.2, 0.25) is 0 Å². The largest absolute Gasteiger partial charge is 0.313 e. The summed E-state index contributed by atoms with van der Waals surface area (Å²) in [5.41, 5.74) is 2.67. The van der Waals surface area contributed by atoms with Crippen LogP contribution < -0.4 is 21.3 Å². The number of hydrogen-bond donors (Lipinski definition) is 4. The Labute approximate surface area is 188 Å². The monoisotopic (exact) mass is 429 g/mol. The minimum absolute atomic E-state index is 0.0332. The van der Waals surface area contributed by atoms with E-state index in [1.165, 1.54) is 49.7 Å². The van der Waals surface area contributed by atoms with Crippen LogP contribution in [0.3, 0.4) is 0 Å². The Balaban J connectivity index is 1.47. The third-order valence-corrected chi connectivity index (χ3v) is 7.01. The first-order chi connectivity index (χ1) is 14.9. The van der Waals surface area contributed by atoms with Gasteiger partial charge in [0, 0.05) is 37.1 Å². The van der Waals surface area contributed by atoms with Crippen LogP contribution in [-0.2, 0) is 4.84 Å². The third-order valence-electron chi connectivity index (χ3n) is 7.01. The Morgan fingerprint density at radius 2 is 1.74 bits per heavy atom. The van der Waals surface area contributed by atoms with Crippen LogP contribution >= 0.6 is 0 Å². The van der Waals surface area contributed by atoms with E-state index in [1.54, 1.807) is 0 Å². The Morgan fingerprint density at radius 1 is 1.03 bits per heavy atom. The highest BCUT2D eigenvalue weighted by atomic mass is 16.7. The number of rotatable bonds is 5. The Kier molecular flexibility index (Phi) is 7.68. The van der Waals surface area contributed by atoms with Gasteiger partial charge in [0.25, 0.3) is 0 Å². The van der Waals surface area contributed by atoms with Crippen molar-refractivity contribution in [3.05, 3.63) is 35.4 Å². The van der Waals surface area contributed by atoms with Crippen molar-refractivity contribution in [2.24, 2.45) is 5.41 Å². The van der Waals surface area contributed by atoms with E-state index >= 15 is 0 Å². The molecule has 6 heteroatoms. The van der Waals surface area contributed by atoms with Gasteiger partial charge in [-0.1, -0.05) is 70.7 Å². The Hall–Kier alpha value is -1.02. The average molecular weight is 430 g/mol. The molecule has 1 saturated carbocycles. The molecule has 2 heterocycles. The van der Waals surface area contributed by atoms with Crippen molar-refractivity contribution in [2.75, 3.05) is 19.6 Å². The fourth-order valence-corrected chi connectivity index (χ4v) is 5.03. The molecule has 4 N–H and O–H groups in total. The van der Waals surface area contributed by atoms with Crippen molar-refractivity contribution < 1.29 is 4.84 Å². The molecule has 1 aromatic rings. The lowest BCUT2D eigenvalue weighted by Crippen LogP contribution is -2.55. The number of nitrogens with zero attached hydrogens (tertiary/aromatic N) is 1. The zero-order valence-electron chi connectivity index (χ0n) is 19.9. The first kappa shape index (κ1) is 23.1. The summed E-state index contributed by atoms with van der Waals surface area (Å²) in [6, 6.07) is 9.93. The summed E-state index contributed by atoms with van der Waals surface area (Å²) in [6.07, 6.45) is 8.28. The van der Waals surface area contributed by atoms with Crippen molar-refractivity contribution in [2.45, 2.75) is 96.9 Å². The van der Waals surface area contributed by atoms with E-state index in [-0.39, 0.29) is 17.8 Å². The maximum absolute atomic E-state index is 6.56. The minimum Gasteiger partial charge on any atom is -0.313 e. The summed E-state index contributed by atoms with van der Waals surface area (Å²) in [4.78, 5) is 6.56. The number of hydroxylamine groups is 2. The molecule has 2 saturated heterocycles. The highest BCUT2D eigenvalue weighted by Gasteiger charge is 2.42. The third kappa shape index (κ3) is 5.86. The van der Waals surface area contributed by atoms with E-state index in [0.29, 0.717) is 18.2 Å². The van der Waals surface area contributed by atoms with Gasteiger partial charge >= 0.3 is 0 Å². The lowest BCUT2D eigenvalue weighted by molar-refractivity contribution is -0.212. The molecule has 1 aromatic carbocycles. The second-order valence-electron chi connectivity index (χ2n) is 10.7. The molecular weight excluding hydrogens is 386 g/mol. The van der Waals surface area contributed by atoms with Crippen molar-refractivity contribution in [3.63, 3.8) is 0 Å². The number of hydrogen-bond acceptors (Lipinski definition) is 6. The molecule has 3 unspecified atom stereocenters. The molecule has 31 heavy (non-hydrogen) atoms. The van der Waals surface area contributed by atoms with Crippen LogP contribution in [0.1, 0.15) is 89.6 Å². The van der Waals surface area contributed by atoms with E-state index in [2.05, 4.69) is 78.3 Å². The molecule has 0 spiro atoms. The van der Waals surface area contributed by atoms with Crippen LogP contribution in [0.2, 0.25) is 0 Å². The lowest BCUT2D eigenvalue weighted by atomic mass is 9.94. The van der Waals surface area contributed by atoms with Gasteiger partial charge in [0.15, 0.2) is 0 Å². The standard InChI is InChI=1S/C25H43N5O/c1-18(28-22-17-26-15-16-27-22)19-11-13-20(14-12-19)23-29-24(25(2,3)4)31-30(23)21-9-7-5-6-8-10-21/h11-14,18,21-24,26-29H,5-10,15-17H2,1-4H3/t18-,22?,23?,24?/m1/s1. The molecule has 1 aliphatic carbocycles. The topological polar surface area (TPSA) is 60.6 Å². The van der Waals surface area contributed by atoms with E-state index in [9.17, 15) is 0 Å². The number of piperazine rings is 1. The molecule has 0 bridgehead atoms. The van der Waals surface area contributed by atoms with Crippen molar-refractivity contribution >= 4 is 0 Å². The SMILES string of the molecule is C[C@@H](NC1CNCCN1)c1ccc(C2NC(C(C)(C)C)ON2C2CCCCCC2)cc1. The summed E-state index contributed by atoms with van der Waals surface area (Å²) >= 11 is 0. The maximum Gasteiger partial charge on any atom is 0.136 e. The lowest BCUT2D eigenvalue weighted by Gasteiger charge is -2.31. The van der Waals surface area contributed by atoms with Crippen LogP contribution in [0, 0.1) is 5.41 Å². The zero-order chi connectivity index (χ0) is 21.8. The first-order valence-corrected chi connectivity index (χ1v) is 12.4.